The van der Waals surface area contributed by atoms with Gasteiger partial charge in [-0.15, -0.1) is 0 Å². The zero-order chi connectivity index (χ0) is 21.5. The second kappa shape index (κ2) is 9.65. The lowest BCUT2D eigenvalue weighted by atomic mass is 10.1. The molecule has 0 bridgehead atoms. The zero-order valence-corrected chi connectivity index (χ0v) is 16.8. The van der Waals surface area contributed by atoms with Gasteiger partial charge in [0.15, 0.2) is 5.78 Å². The number of methoxy groups -OCH3 is 1. The first-order chi connectivity index (χ1) is 14.4. The SMILES string of the molecule is COc1cc(C=CC(=O)NCC(=O)Cc2ccc(F)cc2)ccc1-n1cnc(C)c1. The second-order valence-electron chi connectivity index (χ2n) is 6.75. The Balaban J connectivity index is 1.56. The van der Waals surface area contributed by atoms with Crippen LogP contribution in [0.3, 0.4) is 0 Å². The number of nitrogens with one attached hydrogen (secondary N) is 1. The van der Waals surface area contributed by atoms with Gasteiger partial charge in [-0.2, -0.15) is 0 Å². The molecule has 3 rings (SSSR count). The van der Waals surface area contributed by atoms with E-state index in [9.17, 15) is 14.0 Å². The minimum absolute atomic E-state index is 0.0945. The summed E-state index contributed by atoms with van der Waals surface area (Å²) in [5.41, 5.74) is 3.21. The van der Waals surface area contributed by atoms with Gasteiger partial charge in [-0.3, -0.25) is 9.59 Å². The fraction of sp³-hybridized carbons (Fsp3) is 0.174. The summed E-state index contributed by atoms with van der Waals surface area (Å²) in [7, 11) is 1.58. The lowest BCUT2D eigenvalue weighted by molar-refractivity contribution is -0.122. The van der Waals surface area contributed by atoms with Crippen molar-refractivity contribution >= 4 is 17.8 Å². The van der Waals surface area contributed by atoms with Crippen LogP contribution >= 0.6 is 0 Å². The van der Waals surface area contributed by atoms with Gasteiger partial charge < -0.3 is 14.6 Å². The van der Waals surface area contributed by atoms with Crippen LogP contribution in [0.4, 0.5) is 4.39 Å². The van der Waals surface area contributed by atoms with Gasteiger partial charge in [0.1, 0.15) is 11.6 Å². The minimum atomic E-state index is -0.379. The van der Waals surface area contributed by atoms with Crippen LogP contribution in [-0.4, -0.2) is 34.9 Å². The Morgan fingerprint density at radius 1 is 1.20 bits per heavy atom. The first-order valence-corrected chi connectivity index (χ1v) is 9.35. The van der Waals surface area contributed by atoms with E-state index < -0.39 is 0 Å². The number of aromatic nitrogens is 2. The average molecular weight is 407 g/mol. The molecule has 0 fully saturated rings. The summed E-state index contributed by atoms with van der Waals surface area (Å²) in [5, 5.41) is 2.56. The molecule has 0 spiro atoms. The van der Waals surface area contributed by atoms with E-state index in [4.69, 9.17) is 4.74 Å². The van der Waals surface area contributed by atoms with E-state index >= 15 is 0 Å². The number of ketones is 1. The molecule has 0 radical (unpaired) electrons. The molecule has 0 atom stereocenters. The highest BCUT2D eigenvalue weighted by Crippen LogP contribution is 2.25. The van der Waals surface area contributed by atoms with Crippen molar-refractivity contribution in [2.75, 3.05) is 13.7 Å². The molecule has 0 aliphatic rings. The number of imidazole rings is 1. The molecule has 154 valence electrons. The normalized spacial score (nSPS) is 10.9. The van der Waals surface area contributed by atoms with Gasteiger partial charge in [-0.25, -0.2) is 9.37 Å². The molecule has 30 heavy (non-hydrogen) atoms. The molecular formula is C23H22FN3O3. The number of amides is 1. The van der Waals surface area contributed by atoms with Crippen LogP contribution in [0.5, 0.6) is 5.75 Å². The molecule has 1 N–H and O–H groups in total. The van der Waals surface area contributed by atoms with Crippen molar-refractivity contribution in [3.05, 3.63) is 83.7 Å². The number of Topliss-reactive ketones (excluding diaryl/α,β-unsaturated/α-hetero) is 1. The van der Waals surface area contributed by atoms with Crippen LogP contribution in [0, 0.1) is 12.7 Å². The van der Waals surface area contributed by atoms with Gasteiger partial charge in [0.2, 0.25) is 5.91 Å². The van der Waals surface area contributed by atoms with Gasteiger partial charge in [0.25, 0.3) is 0 Å². The number of halogens is 1. The number of carbonyl (C=O) groups excluding carboxylic acids is 2. The molecule has 6 nitrogen and oxygen atoms in total. The Morgan fingerprint density at radius 2 is 1.97 bits per heavy atom. The van der Waals surface area contributed by atoms with E-state index in [1.165, 1.54) is 18.2 Å². The molecule has 3 aromatic rings. The Morgan fingerprint density at radius 3 is 2.63 bits per heavy atom. The highest BCUT2D eigenvalue weighted by molar-refractivity contribution is 5.95. The van der Waals surface area contributed by atoms with Gasteiger partial charge in [0.05, 0.1) is 31.4 Å². The molecule has 1 heterocycles. The van der Waals surface area contributed by atoms with Crippen LogP contribution in [0.2, 0.25) is 0 Å². The van der Waals surface area contributed by atoms with E-state index in [1.54, 1.807) is 31.6 Å². The lowest BCUT2D eigenvalue weighted by Gasteiger charge is -2.10. The van der Waals surface area contributed by atoms with Gasteiger partial charge >= 0.3 is 0 Å². The predicted octanol–water partition coefficient (Wildman–Crippen LogP) is 3.27. The van der Waals surface area contributed by atoms with Crippen molar-refractivity contribution in [3.63, 3.8) is 0 Å². The third-order valence-corrected chi connectivity index (χ3v) is 4.40. The van der Waals surface area contributed by atoms with Crippen LogP contribution in [0.1, 0.15) is 16.8 Å². The summed E-state index contributed by atoms with van der Waals surface area (Å²) in [6, 6.07) is 11.3. The fourth-order valence-electron chi connectivity index (χ4n) is 2.87. The quantitative estimate of drug-likeness (QED) is 0.582. The van der Waals surface area contributed by atoms with Crippen LogP contribution in [0.15, 0.2) is 61.1 Å². The maximum absolute atomic E-state index is 12.9. The molecule has 0 aliphatic carbocycles. The zero-order valence-electron chi connectivity index (χ0n) is 16.8. The highest BCUT2D eigenvalue weighted by atomic mass is 19.1. The van der Waals surface area contributed by atoms with Crippen LogP contribution in [-0.2, 0) is 16.0 Å². The van der Waals surface area contributed by atoms with Crippen molar-refractivity contribution in [2.45, 2.75) is 13.3 Å². The monoisotopic (exact) mass is 407 g/mol. The molecule has 0 saturated heterocycles. The van der Waals surface area contributed by atoms with Crippen LogP contribution in [0.25, 0.3) is 11.8 Å². The Bertz CT molecular complexity index is 1070. The lowest BCUT2D eigenvalue weighted by Crippen LogP contribution is -2.28. The Hall–Kier alpha value is -3.74. The maximum Gasteiger partial charge on any atom is 0.244 e. The third kappa shape index (κ3) is 5.64. The second-order valence-corrected chi connectivity index (χ2v) is 6.75. The third-order valence-electron chi connectivity index (χ3n) is 4.40. The Kier molecular flexibility index (Phi) is 6.75. The van der Waals surface area contributed by atoms with E-state index in [1.807, 2.05) is 35.9 Å². The number of ether oxygens (including phenoxy) is 1. The number of hydrogen-bond acceptors (Lipinski definition) is 4. The van der Waals surface area contributed by atoms with Crippen molar-refractivity contribution in [1.82, 2.24) is 14.9 Å². The van der Waals surface area contributed by atoms with E-state index in [-0.39, 0.29) is 30.5 Å². The molecule has 0 aliphatic heterocycles. The fourth-order valence-corrected chi connectivity index (χ4v) is 2.87. The van der Waals surface area contributed by atoms with E-state index in [0.29, 0.717) is 11.3 Å². The van der Waals surface area contributed by atoms with Gasteiger partial charge in [-0.05, 0) is 48.4 Å². The van der Waals surface area contributed by atoms with Crippen molar-refractivity contribution in [3.8, 4) is 11.4 Å². The van der Waals surface area contributed by atoms with Crippen LogP contribution < -0.4 is 10.1 Å². The van der Waals surface area contributed by atoms with Crippen molar-refractivity contribution in [1.29, 1.82) is 0 Å². The summed E-state index contributed by atoms with van der Waals surface area (Å²) in [4.78, 5) is 28.2. The smallest absolute Gasteiger partial charge is 0.244 e. The molecule has 2 aromatic carbocycles. The maximum atomic E-state index is 12.9. The number of hydrogen-bond donors (Lipinski definition) is 1. The number of benzene rings is 2. The Labute approximate surface area is 174 Å². The van der Waals surface area contributed by atoms with Gasteiger partial charge in [0, 0.05) is 18.7 Å². The van der Waals surface area contributed by atoms with Gasteiger partial charge in [-0.1, -0.05) is 18.2 Å². The predicted molar refractivity (Wildman–Crippen MR) is 112 cm³/mol. The minimum Gasteiger partial charge on any atom is -0.495 e. The first-order valence-electron chi connectivity index (χ1n) is 9.35. The molecule has 1 amide bonds. The summed E-state index contributed by atoms with van der Waals surface area (Å²) in [6.07, 6.45) is 6.74. The topological polar surface area (TPSA) is 73.2 Å². The average Bonchev–Trinajstić information content (AvgIpc) is 3.18. The summed E-state index contributed by atoms with van der Waals surface area (Å²) in [5.74, 6) is -0.250. The number of aryl methyl sites for hydroxylation is 1. The largest absolute Gasteiger partial charge is 0.495 e. The highest BCUT2D eigenvalue weighted by Gasteiger charge is 2.08. The molecular weight excluding hydrogens is 385 g/mol. The van der Waals surface area contributed by atoms with Crippen molar-refractivity contribution < 1.29 is 18.7 Å². The molecule has 7 heteroatoms. The summed E-state index contributed by atoms with van der Waals surface area (Å²) in [6.45, 7) is 1.81. The number of rotatable bonds is 8. The number of carbonyl (C=O) groups is 2. The molecule has 1 aromatic heterocycles. The standard InChI is InChI=1S/C23H22FN3O3/c1-16-14-27(15-26-16)21-9-5-18(12-22(21)30-2)6-10-23(29)25-13-20(28)11-17-3-7-19(24)8-4-17/h3-10,12,14-15H,11,13H2,1-2H3,(H,25,29). The molecule has 0 saturated carbocycles. The first kappa shape index (κ1) is 21.0. The molecule has 0 unspecified atom stereocenters. The van der Waals surface area contributed by atoms with Crippen molar-refractivity contribution in [2.24, 2.45) is 0 Å². The summed E-state index contributed by atoms with van der Waals surface area (Å²) < 4.78 is 20.2. The van der Waals surface area contributed by atoms with E-state index in [0.717, 1.165) is 16.9 Å². The number of nitrogens with zero attached hydrogens (tertiary/aromatic N) is 2. The van der Waals surface area contributed by atoms with E-state index in [2.05, 4.69) is 10.3 Å². The summed E-state index contributed by atoms with van der Waals surface area (Å²) >= 11 is 0.